The molecular weight excluding hydrogens is 647 g/mol. The fourth-order valence-corrected chi connectivity index (χ4v) is 5.02. The first-order chi connectivity index (χ1) is 21.8. The predicted octanol–water partition coefficient (Wildman–Crippen LogP) is 5.18. The minimum absolute atomic E-state index is 0.0751. The maximum Gasteiger partial charge on any atom is 0.449 e. The lowest BCUT2D eigenvalue weighted by Crippen LogP contribution is -2.51. The molecule has 0 atom stereocenters. The van der Waals surface area contributed by atoms with Gasteiger partial charge in [-0.05, 0) is 49.2 Å². The number of thiol groups is 1. The van der Waals surface area contributed by atoms with Gasteiger partial charge in [0.25, 0.3) is 5.56 Å². The van der Waals surface area contributed by atoms with Crippen LogP contribution in [0.15, 0.2) is 74.7 Å². The Balaban J connectivity index is 0.00000235. The highest BCUT2D eigenvalue weighted by atomic mass is 32.1. The molecule has 46 heavy (non-hydrogen) atoms. The Kier molecular flexibility index (Phi) is 11.0. The van der Waals surface area contributed by atoms with E-state index in [1.807, 2.05) is 0 Å². The van der Waals surface area contributed by atoms with Crippen molar-refractivity contribution in [1.82, 2.24) is 19.2 Å². The third kappa shape index (κ3) is 8.19. The van der Waals surface area contributed by atoms with Crippen LogP contribution in [-0.2, 0) is 38.4 Å². The van der Waals surface area contributed by atoms with E-state index in [2.05, 4.69) is 18.0 Å². The molecule has 1 N–H and O–H groups in total. The van der Waals surface area contributed by atoms with Gasteiger partial charge in [-0.25, -0.2) is 13.9 Å². The van der Waals surface area contributed by atoms with Gasteiger partial charge >= 0.3 is 18.0 Å². The number of anilines is 1. The molecule has 4 aromatic rings. The highest BCUT2D eigenvalue weighted by Crippen LogP contribution is 2.33. The molecule has 5 rings (SSSR count). The molecule has 1 fully saturated rings. The van der Waals surface area contributed by atoms with E-state index in [1.54, 1.807) is 40.1 Å². The maximum atomic E-state index is 14.7. The summed E-state index contributed by atoms with van der Waals surface area (Å²) < 4.78 is 108. The predicted molar refractivity (Wildman–Crippen MR) is 156 cm³/mol. The normalized spacial score (nSPS) is 14.2. The minimum Gasteiger partial charge on any atom is -0.455 e. The highest BCUT2D eigenvalue weighted by molar-refractivity contribution is 7.74. The van der Waals surface area contributed by atoms with E-state index in [0.29, 0.717) is 10.7 Å². The van der Waals surface area contributed by atoms with Crippen LogP contribution in [0, 0.1) is 5.82 Å². The standard InChI is InChI=1S/C29H26F7N5O3.H2OS/c30-23-8-4-7-22(28(31,32)33)21(23)18-41-27(43)40(12-11-19-5-2-1-3-6-19)26(42)25(37-41)39-15-13-38(14-16-39)17-20-9-10-24(44-20)29(34,35)36;1-2/h1-10H,11-18H2;1-2H. The Bertz CT molecular complexity index is 1730. The minimum atomic E-state index is -4.91. The van der Waals surface area contributed by atoms with Crippen LogP contribution in [0.1, 0.15) is 28.2 Å². The number of benzene rings is 2. The van der Waals surface area contributed by atoms with Crippen LogP contribution in [0.3, 0.4) is 0 Å². The largest absolute Gasteiger partial charge is 0.455 e. The van der Waals surface area contributed by atoms with Crippen LogP contribution in [0.25, 0.3) is 0 Å². The first-order valence-electron chi connectivity index (χ1n) is 13.7. The highest BCUT2D eigenvalue weighted by Gasteiger charge is 2.36. The second kappa shape index (κ2) is 14.6. The van der Waals surface area contributed by atoms with Gasteiger partial charge in [0.2, 0.25) is 11.6 Å². The van der Waals surface area contributed by atoms with Crippen LogP contribution in [0.5, 0.6) is 0 Å². The van der Waals surface area contributed by atoms with Gasteiger partial charge in [-0.15, -0.1) is 5.10 Å². The van der Waals surface area contributed by atoms with Crippen molar-refractivity contribution in [2.75, 3.05) is 31.1 Å². The fourth-order valence-electron chi connectivity index (χ4n) is 5.02. The number of furan rings is 1. The van der Waals surface area contributed by atoms with Gasteiger partial charge in [0, 0.05) is 38.3 Å². The summed E-state index contributed by atoms with van der Waals surface area (Å²) in [4.78, 5) is 30.3. The van der Waals surface area contributed by atoms with Gasteiger partial charge in [-0.3, -0.25) is 14.3 Å². The number of piperazine rings is 1. The maximum absolute atomic E-state index is 14.7. The van der Waals surface area contributed by atoms with Crippen LogP contribution >= 0.6 is 12.9 Å². The molecule has 0 spiro atoms. The van der Waals surface area contributed by atoms with E-state index >= 15 is 0 Å². The van der Waals surface area contributed by atoms with Crippen LogP contribution in [0.4, 0.5) is 36.6 Å². The lowest BCUT2D eigenvalue weighted by atomic mass is 10.1. The third-order valence-corrected chi connectivity index (χ3v) is 7.29. The van der Waals surface area contributed by atoms with Gasteiger partial charge in [-0.1, -0.05) is 36.4 Å². The van der Waals surface area contributed by atoms with Gasteiger partial charge in [0.1, 0.15) is 11.6 Å². The summed E-state index contributed by atoms with van der Waals surface area (Å²) >= 11 is 2.53. The van der Waals surface area contributed by atoms with Crippen LogP contribution in [-0.4, -0.2) is 50.0 Å². The molecule has 0 saturated carbocycles. The number of aromatic nitrogens is 3. The van der Waals surface area contributed by atoms with Crippen LogP contribution < -0.4 is 16.1 Å². The molecule has 0 radical (unpaired) electrons. The van der Waals surface area contributed by atoms with Crippen LogP contribution in [0.2, 0.25) is 0 Å². The van der Waals surface area contributed by atoms with E-state index in [0.717, 1.165) is 28.3 Å². The lowest BCUT2D eigenvalue weighted by molar-refractivity contribution is -0.153. The number of rotatable bonds is 8. The number of hydrogen-bond acceptors (Lipinski definition) is 8. The smallest absolute Gasteiger partial charge is 0.449 e. The molecule has 2 aromatic heterocycles. The average molecular weight is 676 g/mol. The SMILES string of the molecule is O=c1c(N2CCN(Cc3ccc(C(F)(F)F)o3)CC2)nn(Cc2c(F)cccc2C(F)(F)F)c(=O)n1CCc1ccccc1.OS. The molecule has 1 saturated heterocycles. The third-order valence-electron chi connectivity index (χ3n) is 7.29. The first kappa shape index (κ1) is 34.8. The van der Waals surface area contributed by atoms with E-state index in [9.17, 15) is 40.3 Å². The Morgan fingerprint density at radius 3 is 2.11 bits per heavy atom. The topological polar surface area (TPSA) is 96.7 Å². The van der Waals surface area contributed by atoms with Gasteiger partial charge in [-0.2, -0.15) is 26.3 Å². The Morgan fingerprint density at radius 1 is 0.826 bits per heavy atom. The number of aryl methyl sites for hydroxylation is 1. The van der Waals surface area contributed by atoms with E-state index in [4.69, 9.17) is 8.97 Å². The monoisotopic (exact) mass is 675 g/mol. The lowest BCUT2D eigenvalue weighted by Gasteiger charge is -2.34. The molecule has 3 heterocycles. The summed E-state index contributed by atoms with van der Waals surface area (Å²) in [6, 6.07) is 13.5. The fraction of sp³-hybridized carbons (Fsp3) is 0.345. The number of hydrogen-bond donors (Lipinski definition) is 2. The van der Waals surface area contributed by atoms with Crippen molar-refractivity contribution in [3.8, 4) is 0 Å². The second-order valence-corrected chi connectivity index (χ2v) is 10.2. The van der Waals surface area contributed by atoms with E-state index < -0.39 is 52.9 Å². The van der Waals surface area contributed by atoms with Gasteiger partial charge in [0.05, 0.1) is 18.7 Å². The summed E-state index contributed by atoms with van der Waals surface area (Å²) in [6.07, 6.45) is -9.27. The second-order valence-electron chi connectivity index (χ2n) is 10.2. The molecule has 1 aliphatic rings. The number of halogens is 7. The molecule has 0 unspecified atom stereocenters. The molecule has 0 aliphatic carbocycles. The van der Waals surface area contributed by atoms with Crippen molar-refractivity contribution in [2.24, 2.45) is 0 Å². The van der Waals surface area contributed by atoms with Crippen molar-refractivity contribution in [2.45, 2.75) is 38.4 Å². The summed E-state index contributed by atoms with van der Waals surface area (Å²) in [5.41, 5.74) is -3.02. The summed E-state index contributed by atoms with van der Waals surface area (Å²) in [5, 5.41) is 4.11. The Labute approximate surface area is 262 Å². The van der Waals surface area contributed by atoms with E-state index in [-0.39, 0.29) is 57.3 Å². The van der Waals surface area contributed by atoms with Crippen molar-refractivity contribution < 1.29 is 39.7 Å². The molecule has 2 aromatic carbocycles. The molecule has 17 heteroatoms. The molecule has 0 bridgehead atoms. The number of alkyl halides is 6. The zero-order valence-electron chi connectivity index (χ0n) is 23.9. The van der Waals surface area contributed by atoms with Crippen molar-refractivity contribution in [3.63, 3.8) is 0 Å². The van der Waals surface area contributed by atoms with Crippen molar-refractivity contribution in [1.29, 1.82) is 0 Å². The average Bonchev–Trinajstić information content (AvgIpc) is 3.50. The molecule has 248 valence electrons. The molecule has 1 aliphatic heterocycles. The summed E-state index contributed by atoms with van der Waals surface area (Å²) in [7, 11) is 0. The molecule has 9 nitrogen and oxygen atoms in total. The molecular formula is C29H28F7N5O4S. The summed E-state index contributed by atoms with van der Waals surface area (Å²) in [6.45, 7) is -0.0279. The number of nitrogens with zero attached hydrogens (tertiary/aromatic N) is 5. The van der Waals surface area contributed by atoms with Crippen molar-refractivity contribution in [3.05, 3.63) is 116 Å². The van der Waals surface area contributed by atoms with Crippen molar-refractivity contribution >= 4 is 18.7 Å². The quantitative estimate of drug-likeness (QED) is 0.151. The Hall–Kier alpha value is -4.09. The zero-order chi connectivity index (χ0) is 33.6. The Morgan fingerprint density at radius 2 is 1.50 bits per heavy atom. The van der Waals surface area contributed by atoms with Gasteiger partial charge < -0.3 is 13.9 Å². The summed E-state index contributed by atoms with van der Waals surface area (Å²) in [5.74, 6) is -2.40. The van der Waals surface area contributed by atoms with Gasteiger partial charge in [0.15, 0.2) is 0 Å². The zero-order valence-corrected chi connectivity index (χ0v) is 24.8. The first-order valence-corrected chi connectivity index (χ1v) is 14.1. The van der Waals surface area contributed by atoms with E-state index in [1.165, 1.54) is 6.07 Å². The molecule has 0 amide bonds.